The van der Waals surface area contributed by atoms with Crippen molar-refractivity contribution >= 4 is 0 Å². The average molecular weight is 417 g/mol. The summed E-state index contributed by atoms with van der Waals surface area (Å²) in [5.74, 6) is 0. The third-order valence-corrected chi connectivity index (χ3v) is 4.25. The number of rotatable bonds is 5. The molecule has 31 heavy (non-hydrogen) atoms. The summed E-state index contributed by atoms with van der Waals surface area (Å²) in [5, 5.41) is 0. The van der Waals surface area contributed by atoms with Gasteiger partial charge in [-0.25, -0.2) is 0 Å². The lowest BCUT2D eigenvalue weighted by Crippen LogP contribution is -1.96. The first-order valence-corrected chi connectivity index (χ1v) is 10.0. The van der Waals surface area contributed by atoms with E-state index in [4.69, 9.17) is 0 Å². The van der Waals surface area contributed by atoms with Gasteiger partial charge in [-0.3, -0.25) is 0 Å². The molecule has 0 radical (unpaired) electrons. The third-order valence-electron chi connectivity index (χ3n) is 4.25. The second-order valence-electron chi connectivity index (χ2n) is 6.45. The van der Waals surface area contributed by atoms with Gasteiger partial charge in [-0.1, -0.05) is 121 Å². The zero-order valence-electron chi connectivity index (χ0n) is 18.3. The molecule has 0 aromatic heterocycles. The Morgan fingerprint density at radius 1 is 0.387 bits per heavy atom. The normalized spacial score (nSPS) is 9.23. The molecule has 0 saturated carbocycles. The quantitative estimate of drug-likeness (QED) is 0.366. The van der Waals surface area contributed by atoms with E-state index in [0.717, 1.165) is 0 Å². The van der Waals surface area contributed by atoms with Crippen molar-refractivity contribution in [3.05, 3.63) is 121 Å². The Kier molecular flexibility index (Phi) is 13.8. The number of hydrogen-bond donors (Lipinski definition) is 0. The molecule has 0 heterocycles. The van der Waals surface area contributed by atoms with Crippen LogP contribution in [0.5, 0.6) is 0 Å². The van der Waals surface area contributed by atoms with Gasteiger partial charge < -0.3 is 14.9 Å². The van der Waals surface area contributed by atoms with E-state index in [-0.39, 0.29) is 5.48 Å². The highest BCUT2D eigenvalue weighted by atomic mass is 16.5. The molecule has 0 aliphatic heterocycles. The predicted molar refractivity (Wildman–Crippen MR) is 131 cm³/mol. The summed E-state index contributed by atoms with van der Waals surface area (Å²) < 4.78 is 9.31. The molecule has 4 aromatic rings. The van der Waals surface area contributed by atoms with E-state index in [1.54, 1.807) is 14.2 Å². The van der Waals surface area contributed by atoms with Crippen molar-refractivity contribution in [3.63, 3.8) is 0 Å². The number of hydrogen-bond acceptors (Lipinski definition) is 2. The van der Waals surface area contributed by atoms with Crippen LogP contribution >= 0.6 is 0 Å². The van der Waals surface area contributed by atoms with Crippen LogP contribution < -0.4 is 0 Å². The molecule has 0 fully saturated rings. The molecule has 0 bridgehead atoms. The minimum absolute atomic E-state index is 0. The first kappa shape index (κ1) is 25.8. The van der Waals surface area contributed by atoms with Crippen molar-refractivity contribution < 1.29 is 14.9 Å². The molecule has 162 valence electrons. The Labute approximate surface area is 186 Å². The molecule has 0 spiro atoms. The van der Waals surface area contributed by atoms with Crippen LogP contribution in [0.3, 0.4) is 0 Å². The Bertz CT molecular complexity index is 742. The van der Waals surface area contributed by atoms with Gasteiger partial charge in [0.1, 0.15) is 0 Å². The Morgan fingerprint density at radius 2 is 0.581 bits per heavy atom. The van der Waals surface area contributed by atoms with Crippen LogP contribution in [-0.4, -0.2) is 32.9 Å². The number of methoxy groups -OCH3 is 2. The largest absolute Gasteiger partial charge is 0.412 e. The maximum absolute atomic E-state index is 4.66. The van der Waals surface area contributed by atoms with Crippen molar-refractivity contribution in [2.24, 2.45) is 0 Å². The lowest BCUT2D eigenvalue weighted by Gasteiger charge is -1.98. The lowest BCUT2D eigenvalue weighted by atomic mass is 10.1. The molecule has 0 aliphatic rings. The van der Waals surface area contributed by atoms with Crippen molar-refractivity contribution in [2.45, 2.75) is 0 Å². The van der Waals surface area contributed by atoms with Gasteiger partial charge in [0.15, 0.2) is 0 Å². The molecule has 4 rings (SSSR count). The summed E-state index contributed by atoms with van der Waals surface area (Å²) in [6.45, 7) is 1.38. The van der Waals surface area contributed by atoms with Crippen LogP contribution in [0.1, 0.15) is 0 Å². The van der Waals surface area contributed by atoms with E-state index in [9.17, 15) is 0 Å². The molecular weight excluding hydrogens is 384 g/mol. The van der Waals surface area contributed by atoms with Crippen molar-refractivity contribution in [3.8, 4) is 22.3 Å². The van der Waals surface area contributed by atoms with Crippen molar-refractivity contribution in [1.82, 2.24) is 0 Å². The monoisotopic (exact) mass is 416 g/mol. The van der Waals surface area contributed by atoms with Crippen molar-refractivity contribution in [1.29, 1.82) is 0 Å². The fraction of sp³-hybridized carbons (Fsp3) is 0.143. The van der Waals surface area contributed by atoms with Crippen LogP contribution in [-0.2, 0) is 9.47 Å². The first-order chi connectivity index (χ1) is 14.8. The summed E-state index contributed by atoms with van der Waals surface area (Å²) in [4.78, 5) is 0. The molecule has 4 aromatic carbocycles. The van der Waals surface area contributed by atoms with Gasteiger partial charge in [0.2, 0.25) is 0 Å². The van der Waals surface area contributed by atoms with E-state index in [1.807, 2.05) is 24.3 Å². The molecule has 0 amide bonds. The highest BCUT2D eigenvalue weighted by Gasteiger charge is 1.92. The minimum atomic E-state index is 0. The van der Waals surface area contributed by atoms with Gasteiger partial charge in [0.25, 0.3) is 0 Å². The molecule has 0 atom stereocenters. The van der Waals surface area contributed by atoms with Gasteiger partial charge in [-0.2, -0.15) is 0 Å². The maximum atomic E-state index is 4.66. The third kappa shape index (κ3) is 10.4. The zero-order valence-corrected chi connectivity index (χ0v) is 18.3. The fourth-order valence-corrected chi connectivity index (χ4v) is 2.69. The second kappa shape index (κ2) is 16.5. The molecule has 3 nitrogen and oxygen atoms in total. The summed E-state index contributed by atoms with van der Waals surface area (Å²) >= 11 is 0. The Hall–Kier alpha value is -3.24. The van der Waals surface area contributed by atoms with Gasteiger partial charge in [-0.15, -0.1) is 0 Å². The topological polar surface area (TPSA) is 50.0 Å². The van der Waals surface area contributed by atoms with Gasteiger partial charge in [0.05, 0.1) is 13.2 Å². The van der Waals surface area contributed by atoms with Crippen LogP contribution in [0.4, 0.5) is 0 Å². The first-order valence-electron chi connectivity index (χ1n) is 10.0. The maximum Gasteiger partial charge on any atom is 0.0696 e. The zero-order chi connectivity index (χ0) is 21.3. The summed E-state index contributed by atoms with van der Waals surface area (Å²) in [7, 11) is 3.30. The number of benzene rings is 4. The SMILES string of the molecule is COCCOC.O.c1ccc(-c2ccccc2)cc1.c1ccc(-c2ccccc2)cc1. The molecule has 0 saturated heterocycles. The second-order valence-corrected chi connectivity index (χ2v) is 6.45. The number of ether oxygens (including phenoxy) is 2. The van der Waals surface area contributed by atoms with E-state index in [1.165, 1.54) is 22.3 Å². The standard InChI is InChI=1S/2C12H10.C4H10O2.H2O/c2*1-3-7-11(8-4-1)12-9-5-2-6-10-12;1-5-3-4-6-2;/h2*1-10H;3-4H2,1-2H3;1H2. The molecular formula is C28H32O3. The van der Waals surface area contributed by atoms with Gasteiger partial charge in [-0.05, 0) is 22.3 Å². The smallest absolute Gasteiger partial charge is 0.0696 e. The Balaban J connectivity index is 0.000000243. The lowest BCUT2D eigenvalue weighted by molar-refractivity contribution is 0.103. The summed E-state index contributed by atoms with van der Waals surface area (Å²) in [5.41, 5.74) is 5.10. The molecule has 2 N–H and O–H groups in total. The van der Waals surface area contributed by atoms with Crippen molar-refractivity contribution in [2.75, 3.05) is 27.4 Å². The van der Waals surface area contributed by atoms with Crippen LogP contribution in [0, 0.1) is 0 Å². The Morgan fingerprint density at radius 3 is 0.742 bits per heavy atom. The molecule has 0 aliphatic carbocycles. The highest BCUT2D eigenvalue weighted by molar-refractivity contribution is 5.63. The van der Waals surface area contributed by atoms with Gasteiger partial charge >= 0.3 is 0 Å². The van der Waals surface area contributed by atoms with Gasteiger partial charge in [0, 0.05) is 14.2 Å². The van der Waals surface area contributed by atoms with Crippen LogP contribution in [0.25, 0.3) is 22.3 Å². The summed E-state index contributed by atoms with van der Waals surface area (Å²) in [6.07, 6.45) is 0. The predicted octanol–water partition coefficient (Wildman–Crippen LogP) is 6.16. The minimum Gasteiger partial charge on any atom is -0.412 e. The molecule has 0 unspecified atom stereocenters. The van der Waals surface area contributed by atoms with E-state index >= 15 is 0 Å². The van der Waals surface area contributed by atoms with Crippen LogP contribution in [0.2, 0.25) is 0 Å². The fourth-order valence-electron chi connectivity index (χ4n) is 2.69. The summed E-state index contributed by atoms with van der Waals surface area (Å²) in [6, 6.07) is 41.6. The van der Waals surface area contributed by atoms with E-state index in [0.29, 0.717) is 13.2 Å². The van der Waals surface area contributed by atoms with E-state index in [2.05, 4.69) is 107 Å². The highest BCUT2D eigenvalue weighted by Crippen LogP contribution is 2.18. The van der Waals surface area contributed by atoms with Crippen LogP contribution in [0.15, 0.2) is 121 Å². The average Bonchev–Trinajstić information content (AvgIpc) is 2.86. The molecule has 3 heteroatoms. The van der Waals surface area contributed by atoms with E-state index < -0.39 is 0 Å².